The largest absolute Gasteiger partial charge is 0.445 e. The number of piperidine rings is 3. The van der Waals surface area contributed by atoms with E-state index < -0.39 is 11.6 Å². The molecule has 0 aromatic heterocycles. The smallest absolute Gasteiger partial charge is 0.407 e. The summed E-state index contributed by atoms with van der Waals surface area (Å²) in [6.45, 7) is 3.06. The van der Waals surface area contributed by atoms with E-state index in [1.807, 2.05) is 18.2 Å². The maximum absolute atomic E-state index is 13.5. The van der Waals surface area contributed by atoms with Crippen molar-refractivity contribution in [2.45, 2.75) is 37.8 Å². The summed E-state index contributed by atoms with van der Waals surface area (Å²) in [5.41, 5.74) is 3.44. The molecule has 4 nitrogen and oxygen atoms in total. The molecular formula is C23H24F2N2O2. The minimum absolute atomic E-state index is 0.0105. The number of carbonyl (C=O) groups is 1. The van der Waals surface area contributed by atoms with Gasteiger partial charge in [0.25, 0.3) is 0 Å². The Labute approximate surface area is 168 Å². The standard InChI is InChI=1S/C23H24F2N2O2/c24-18-10-17(11-19(25)12-18)15-1-3-20-16(9-15)2-4-21(20)26-23(28)29-22-13-27-7-5-14(22)6-8-27/h1,3,9-12,14,21-22H,2,4-8,13H2,(H,26,28)/t21?,22-/m0/s1. The third-order valence-electron chi connectivity index (χ3n) is 6.56. The summed E-state index contributed by atoms with van der Waals surface area (Å²) in [5.74, 6) is -0.693. The molecule has 152 valence electrons. The van der Waals surface area contributed by atoms with Gasteiger partial charge in [0.05, 0.1) is 6.04 Å². The maximum Gasteiger partial charge on any atom is 0.407 e. The van der Waals surface area contributed by atoms with Crippen molar-refractivity contribution in [3.05, 3.63) is 59.2 Å². The Kier molecular flexibility index (Phi) is 4.74. The van der Waals surface area contributed by atoms with Crippen molar-refractivity contribution in [2.24, 2.45) is 5.92 Å². The van der Waals surface area contributed by atoms with E-state index in [0.29, 0.717) is 11.5 Å². The van der Waals surface area contributed by atoms with Crippen LogP contribution in [-0.4, -0.2) is 36.7 Å². The Hall–Kier alpha value is -2.47. The van der Waals surface area contributed by atoms with E-state index in [1.54, 1.807) is 0 Å². The van der Waals surface area contributed by atoms with E-state index in [9.17, 15) is 13.6 Å². The summed E-state index contributed by atoms with van der Waals surface area (Å²) in [5, 5.41) is 3.02. The highest BCUT2D eigenvalue weighted by molar-refractivity contribution is 5.70. The van der Waals surface area contributed by atoms with Gasteiger partial charge < -0.3 is 10.1 Å². The molecular weight excluding hydrogens is 374 g/mol. The van der Waals surface area contributed by atoms with Crippen LogP contribution >= 0.6 is 0 Å². The molecule has 0 saturated carbocycles. The minimum atomic E-state index is -0.587. The van der Waals surface area contributed by atoms with Gasteiger partial charge >= 0.3 is 6.09 Å². The first kappa shape index (κ1) is 18.6. The summed E-state index contributed by atoms with van der Waals surface area (Å²) >= 11 is 0. The van der Waals surface area contributed by atoms with Crippen molar-refractivity contribution in [3.8, 4) is 11.1 Å². The van der Waals surface area contributed by atoms with Crippen molar-refractivity contribution in [1.29, 1.82) is 0 Å². The zero-order chi connectivity index (χ0) is 20.0. The average molecular weight is 398 g/mol. The Morgan fingerprint density at radius 2 is 1.76 bits per heavy atom. The van der Waals surface area contributed by atoms with E-state index in [4.69, 9.17) is 4.74 Å². The molecule has 3 aliphatic heterocycles. The summed E-state index contributed by atoms with van der Waals surface area (Å²) < 4.78 is 32.8. The zero-order valence-corrected chi connectivity index (χ0v) is 16.2. The predicted octanol–water partition coefficient (Wildman–Crippen LogP) is 4.44. The van der Waals surface area contributed by atoms with Gasteiger partial charge in [-0.25, -0.2) is 13.6 Å². The summed E-state index contributed by atoms with van der Waals surface area (Å²) in [4.78, 5) is 14.8. The molecule has 6 rings (SSSR count). The fourth-order valence-corrected chi connectivity index (χ4v) is 5.03. The monoisotopic (exact) mass is 398 g/mol. The maximum atomic E-state index is 13.5. The number of halogens is 2. The highest BCUT2D eigenvalue weighted by atomic mass is 19.1. The van der Waals surface area contributed by atoms with Crippen LogP contribution in [0.2, 0.25) is 0 Å². The van der Waals surface area contributed by atoms with Crippen LogP contribution in [-0.2, 0) is 11.2 Å². The van der Waals surface area contributed by atoms with Crippen LogP contribution in [0, 0.1) is 17.6 Å². The lowest BCUT2D eigenvalue weighted by molar-refractivity contribution is -0.0339. The fraction of sp³-hybridized carbons (Fsp3) is 0.435. The van der Waals surface area contributed by atoms with Crippen LogP contribution in [0.4, 0.5) is 13.6 Å². The lowest BCUT2D eigenvalue weighted by Gasteiger charge is -2.43. The number of nitrogens with zero attached hydrogens (tertiary/aromatic N) is 1. The van der Waals surface area contributed by atoms with Gasteiger partial charge in [-0.15, -0.1) is 0 Å². The second-order valence-electron chi connectivity index (χ2n) is 8.39. The topological polar surface area (TPSA) is 41.6 Å². The SMILES string of the molecule is O=C(NC1CCc2cc(-c3cc(F)cc(F)c3)ccc21)O[C@H]1CN2CCC1CC2. The van der Waals surface area contributed by atoms with Crippen molar-refractivity contribution in [1.82, 2.24) is 10.2 Å². The summed E-state index contributed by atoms with van der Waals surface area (Å²) in [6.07, 6.45) is 3.46. The second kappa shape index (κ2) is 7.41. The number of alkyl carbamates (subject to hydrolysis) is 1. The second-order valence-corrected chi connectivity index (χ2v) is 8.39. The summed E-state index contributed by atoms with van der Waals surface area (Å²) in [7, 11) is 0. The van der Waals surface area contributed by atoms with Gasteiger partial charge in [0.15, 0.2) is 0 Å². The Morgan fingerprint density at radius 3 is 2.45 bits per heavy atom. The van der Waals surface area contributed by atoms with Gasteiger partial charge in [0, 0.05) is 12.6 Å². The third kappa shape index (κ3) is 3.73. The lowest BCUT2D eigenvalue weighted by atomic mass is 9.86. The molecule has 2 bridgehead atoms. The molecule has 2 aromatic carbocycles. The van der Waals surface area contributed by atoms with E-state index in [-0.39, 0.29) is 18.2 Å². The fourth-order valence-electron chi connectivity index (χ4n) is 5.03. The summed E-state index contributed by atoms with van der Waals surface area (Å²) in [6, 6.07) is 9.21. The number of amides is 1. The molecule has 0 spiro atoms. The van der Waals surface area contributed by atoms with Crippen LogP contribution in [0.3, 0.4) is 0 Å². The molecule has 1 N–H and O–H groups in total. The van der Waals surface area contributed by atoms with Crippen molar-refractivity contribution < 1.29 is 18.3 Å². The van der Waals surface area contributed by atoms with Gasteiger partial charge in [-0.05, 0) is 79.1 Å². The molecule has 4 aliphatic rings. The number of rotatable bonds is 3. The first-order chi connectivity index (χ1) is 14.0. The van der Waals surface area contributed by atoms with E-state index in [0.717, 1.165) is 68.1 Å². The number of ether oxygens (including phenoxy) is 1. The lowest BCUT2D eigenvalue weighted by Crippen LogP contribution is -2.52. The van der Waals surface area contributed by atoms with Crippen LogP contribution in [0.5, 0.6) is 0 Å². The molecule has 1 unspecified atom stereocenters. The molecule has 3 saturated heterocycles. The van der Waals surface area contributed by atoms with Crippen LogP contribution in [0.25, 0.3) is 11.1 Å². The number of benzene rings is 2. The van der Waals surface area contributed by atoms with Crippen molar-refractivity contribution in [2.75, 3.05) is 19.6 Å². The first-order valence-corrected chi connectivity index (χ1v) is 10.3. The van der Waals surface area contributed by atoms with Gasteiger partial charge in [-0.1, -0.05) is 18.2 Å². The van der Waals surface area contributed by atoms with Gasteiger partial charge in [-0.3, -0.25) is 4.90 Å². The molecule has 6 heteroatoms. The number of hydrogen-bond acceptors (Lipinski definition) is 3. The molecule has 1 aliphatic carbocycles. The quantitative estimate of drug-likeness (QED) is 0.831. The normalized spacial score (nSPS) is 27.5. The zero-order valence-electron chi connectivity index (χ0n) is 16.2. The van der Waals surface area contributed by atoms with Gasteiger partial charge in [0.2, 0.25) is 0 Å². The number of carbonyl (C=O) groups excluding carboxylic acids is 1. The first-order valence-electron chi connectivity index (χ1n) is 10.3. The van der Waals surface area contributed by atoms with E-state index in [1.165, 1.54) is 12.1 Å². The number of aryl methyl sites for hydroxylation is 1. The van der Waals surface area contributed by atoms with Crippen LogP contribution in [0.1, 0.15) is 36.4 Å². The van der Waals surface area contributed by atoms with E-state index in [2.05, 4.69) is 10.2 Å². The van der Waals surface area contributed by atoms with Gasteiger partial charge in [-0.2, -0.15) is 0 Å². The predicted molar refractivity (Wildman–Crippen MR) is 105 cm³/mol. The third-order valence-corrected chi connectivity index (χ3v) is 6.56. The number of nitrogens with one attached hydrogen (secondary N) is 1. The highest BCUT2D eigenvalue weighted by Gasteiger charge is 2.37. The molecule has 3 heterocycles. The Balaban J connectivity index is 1.27. The average Bonchev–Trinajstić information content (AvgIpc) is 3.10. The van der Waals surface area contributed by atoms with E-state index >= 15 is 0 Å². The van der Waals surface area contributed by atoms with Crippen LogP contribution in [0.15, 0.2) is 36.4 Å². The minimum Gasteiger partial charge on any atom is -0.445 e. The molecule has 3 fully saturated rings. The Bertz CT molecular complexity index is 920. The Morgan fingerprint density at radius 1 is 1.00 bits per heavy atom. The highest BCUT2D eigenvalue weighted by Crippen LogP contribution is 2.35. The molecule has 29 heavy (non-hydrogen) atoms. The molecule has 0 radical (unpaired) electrons. The molecule has 2 atom stereocenters. The number of hydrogen-bond donors (Lipinski definition) is 1. The molecule has 1 amide bonds. The van der Waals surface area contributed by atoms with Crippen molar-refractivity contribution in [3.63, 3.8) is 0 Å². The number of fused-ring (bicyclic) bond motifs is 4. The van der Waals surface area contributed by atoms with Crippen molar-refractivity contribution >= 4 is 6.09 Å². The van der Waals surface area contributed by atoms with Crippen LogP contribution < -0.4 is 5.32 Å². The molecule has 2 aromatic rings. The van der Waals surface area contributed by atoms with Gasteiger partial charge in [0.1, 0.15) is 17.7 Å².